The molecule has 0 amide bonds. The Morgan fingerprint density at radius 2 is 1.79 bits per heavy atom. The number of thiocarbonyl (C=S) groups is 1. The third kappa shape index (κ3) is 4.18. The Morgan fingerprint density at radius 3 is 2.42 bits per heavy atom. The molecule has 104 valence electrons. The molecule has 0 unspecified atom stereocenters. The standard InChI is InChI=1S/C15H21BrN2S/c16-12-9-6-10-13(14(12)15(17)19)18-11-7-4-2-1-3-5-8-11/h6,9-11,18H,1-5,7-8H2,(H2,17,19). The van der Waals surface area contributed by atoms with Crippen molar-refractivity contribution in [3.8, 4) is 0 Å². The Hall–Kier alpha value is -0.610. The van der Waals surface area contributed by atoms with Gasteiger partial charge >= 0.3 is 0 Å². The monoisotopic (exact) mass is 340 g/mol. The summed E-state index contributed by atoms with van der Waals surface area (Å²) >= 11 is 8.69. The summed E-state index contributed by atoms with van der Waals surface area (Å²) in [6.45, 7) is 0. The molecule has 2 nitrogen and oxygen atoms in total. The third-order valence-corrected chi connectivity index (χ3v) is 4.59. The van der Waals surface area contributed by atoms with Crippen molar-refractivity contribution < 1.29 is 0 Å². The predicted octanol–water partition coefficient (Wildman–Crippen LogP) is 4.61. The van der Waals surface area contributed by atoms with Crippen molar-refractivity contribution in [1.82, 2.24) is 0 Å². The number of nitrogens with two attached hydrogens (primary N) is 1. The van der Waals surface area contributed by atoms with E-state index in [2.05, 4.69) is 27.3 Å². The van der Waals surface area contributed by atoms with E-state index in [9.17, 15) is 0 Å². The Balaban J connectivity index is 2.13. The first-order chi connectivity index (χ1) is 9.18. The first-order valence-electron chi connectivity index (χ1n) is 7.03. The van der Waals surface area contributed by atoms with Gasteiger partial charge in [-0.2, -0.15) is 0 Å². The molecule has 1 aromatic rings. The molecular weight excluding hydrogens is 320 g/mol. The topological polar surface area (TPSA) is 38.0 Å². The lowest BCUT2D eigenvalue weighted by Gasteiger charge is -2.23. The van der Waals surface area contributed by atoms with Crippen LogP contribution in [0.25, 0.3) is 0 Å². The molecule has 0 radical (unpaired) electrons. The molecule has 1 aliphatic carbocycles. The lowest BCUT2D eigenvalue weighted by Crippen LogP contribution is -2.23. The summed E-state index contributed by atoms with van der Waals surface area (Å²) in [5.74, 6) is 0. The first-order valence-corrected chi connectivity index (χ1v) is 8.23. The first kappa shape index (κ1) is 14.8. The van der Waals surface area contributed by atoms with Crippen LogP contribution in [0.15, 0.2) is 22.7 Å². The fourth-order valence-corrected chi connectivity index (χ4v) is 3.65. The molecule has 1 fully saturated rings. The summed E-state index contributed by atoms with van der Waals surface area (Å²) in [5.41, 5.74) is 7.83. The summed E-state index contributed by atoms with van der Waals surface area (Å²) in [6.07, 6.45) is 9.22. The van der Waals surface area contributed by atoms with Crippen LogP contribution in [0.5, 0.6) is 0 Å². The zero-order chi connectivity index (χ0) is 13.7. The number of hydrogen-bond donors (Lipinski definition) is 2. The van der Waals surface area contributed by atoms with Crippen LogP contribution in [0.1, 0.15) is 50.5 Å². The molecule has 0 heterocycles. The largest absolute Gasteiger partial charge is 0.389 e. The quantitative estimate of drug-likeness (QED) is 0.789. The van der Waals surface area contributed by atoms with Gasteiger partial charge in [-0.3, -0.25) is 0 Å². The van der Waals surface area contributed by atoms with Crippen molar-refractivity contribution in [2.75, 3.05) is 5.32 Å². The van der Waals surface area contributed by atoms with Crippen LogP contribution in [0, 0.1) is 0 Å². The van der Waals surface area contributed by atoms with Crippen LogP contribution in [-0.4, -0.2) is 11.0 Å². The van der Waals surface area contributed by atoms with E-state index in [0.717, 1.165) is 15.7 Å². The van der Waals surface area contributed by atoms with Crippen LogP contribution in [0.3, 0.4) is 0 Å². The molecule has 0 bridgehead atoms. The second-order valence-electron chi connectivity index (χ2n) is 5.21. The minimum atomic E-state index is 0.445. The summed E-state index contributed by atoms with van der Waals surface area (Å²) < 4.78 is 0.968. The minimum Gasteiger partial charge on any atom is -0.389 e. The molecule has 1 aliphatic rings. The van der Waals surface area contributed by atoms with Crippen molar-refractivity contribution in [2.45, 2.75) is 51.0 Å². The van der Waals surface area contributed by atoms with E-state index in [1.165, 1.54) is 44.9 Å². The van der Waals surface area contributed by atoms with E-state index in [1.54, 1.807) is 0 Å². The molecule has 0 saturated heterocycles. The van der Waals surface area contributed by atoms with Gasteiger partial charge in [-0.15, -0.1) is 0 Å². The highest BCUT2D eigenvalue weighted by Gasteiger charge is 2.15. The Kier molecular flexibility index (Phi) is 5.64. The van der Waals surface area contributed by atoms with Crippen molar-refractivity contribution in [2.24, 2.45) is 5.73 Å². The highest BCUT2D eigenvalue weighted by Crippen LogP contribution is 2.27. The molecule has 0 aromatic heterocycles. The summed E-state index contributed by atoms with van der Waals surface area (Å²) in [7, 11) is 0. The minimum absolute atomic E-state index is 0.445. The van der Waals surface area contributed by atoms with Crippen LogP contribution < -0.4 is 11.1 Å². The van der Waals surface area contributed by atoms with Crippen molar-refractivity contribution >= 4 is 38.8 Å². The second kappa shape index (κ2) is 7.25. The average Bonchev–Trinajstić information content (AvgIpc) is 2.32. The van der Waals surface area contributed by atoms with Gasteiger partial charge in [-0.05, 0) is 40.9 Å². The van der Waals surface area contributed by atoms with Gasteiger partial charge < -0.3 is 11.1 Å². The van der Waals surface area contributed by atoms with E-state index in [-0.39, 0.29) is 0 Å². The maximum absolute atomic E-state index is 5.84. The zero-order valence-electron chi connectivity index (χ0n) is 11.1. The smallest absolute Gasteiger partial charge is 0.107 e. The molecular formula is C15H21BrN2S. The van der Waals surface area contributed by atoms with E-state index >= 15 is 0 Å². The lowest BCUT2D eigenvalue weighted by molar-refractivity contribution is 0.471. The number of anilines is 1. The van der Waals surface area contributed by atoms with Crippen molar-refractivity contribution in [3.63, 3.8) is 0 Å². The number of nitrogens with one attached hydrogen (secondary N) is 1. The summed E-state index contributed by atoms with van der Waals surface area (Å²) in [6, 6.07) is 6.62. The molecule has 0 spiro atoms. The van der Waals surface area contributed by atoms with Gasteiger partial charge in [0.2, 0.25) is 0 Å². The van der Waals surface area contributed by atoms with E-state index in [0.29, 0.717) is 11.0 Å². The summed E-state index contributed by atoms with van der Waals surface area (Å²) in [5, 5.41) is 3.64. The molecule has 1 saturated carbocycles. The van der Waals surface area contributed by atoms with Gasteiger partial charge in [0, 0.05) is 21.8 Å². The van der Waals surface area contributed by atoms with E-state index in [1.807, 2.05) is 12.1 Å². The Bertz CT molecular complexity index is 440. The van der Waals surface area contributed by atoms with Crippen molar-refractivity contribution in [1.29, 1.82) is 0 Å². The predicted molar refractivity (Wildman–Crippen MR) is 89.8 cm³/mol. The maximum atomic E-state index is 5.84. The second-order valence-corrected chi connectivity index (χ2v) is 6.51. The van der Waals surface area contributed by atoms with Gasteiger partial charge in [0.1, 0.15) is 4.99 Å². The SMILES string of the molecule is NC(=S)c1c(Br)cccc1NC1CCCCCCC1. The van der Waals surface area contributed by atoms with Gasteiger partial charge in [-0.1, -0.05) is 50.4 Å². The van der Waals surface area contributed by atoms with Crippen LogP contribution in [0.4, 0.5) is 5.69 Å². The van der Waals surface area contributed by atoms with E-state index in [4.69, 9.17) is 18.0 Å². The van der Waals surface area contributed by atoms with E-state index < -0.39 is 0 Å². The molecule has 2 rings (SSSR count). The van der Waals surface area contributed by atoms with Crippen LogP contribution in [0.2, 0.25) is 0 Å². The van der Waals surface area contributed by atoms with Gasteiger partial charge in [0.25, 0.3) is 0 Å². The highest BCUT2D eigenvalue weighted by atomic mass is 79.9. The fourth-order valence-electron chi connectivity index (χ4n) is 2.72. The average molecular weight is 341 g/mol. The highest BCUT2D eigenvalue weighted by molar-refractivity contribution is 9.10. The lowest BCUT2D eigenvalue weighted by atomic mass is 9.96. The fraction of sp³-hybridized carbons (Fsp3) is 0.533. The van der Waals surface area contributed by atoms with Gasteiger partial charge in [0.15, 0.2) is 0 Å². The normalized spacial score (nSPS) is 17.5. The van der Waals surface area contributed by atoms with Crippen molar-refractivity contribution in [3.05, 3.63) is 28.2 Å². The number of benzene rings is 1. The van der Waals surface area contributed by atoms with Crippen LogP contribution >= 0.6 is 28.1 Å². The number of halogens is 1. The maximum Gasteiger partial charge on any atom is 0.107 e. The molecule has 3 N–H and O–H groups in total. The molecule has 1 aromatic carbocycles. The van der Waals surface area contributed by atoms with Gasteiger partial charge in [0.05, 0.1) is 0 Å². The summed E-state index contributed by atoms with van der Waals surface area (Å²) in [4.78, 5) is 0.445. The third-order valence-electron chi connectivity index (χ3n) is 3.72. The van der Waals surface area contributed by atoms with Gasteiger partial charge in [-0.25, -0.2) is 0 Å². The molecule has 0 atom stereocenters. The molecule has 19 heavy (non-hydrogen) atoms. The Labute approximate surface area is 129 Å². The Morgan fingerprint density at radius 1 is 1.16 bits per heavy atom. The molecule has 0 aliphatic heterocycles. The number of hydrogen-bond acceptors (Lipinski definition) is 2. The number of rotatable bonds is 3. The molecule has 4 heteroatoms. The zero-order valence-corrected chi connectivity index (χ0v) is 13.5. The van der Waals surface area contributed by atoms with Crippen LogP contribution in [-0.2, 0) is 0 Å².